The Morgan fingerprint density at radius 3 is 2.65 bits per heavy atom. The quantitative estimate of drug-likeness (QED) is 0.884. The van der Waals surface area contributed by atoms with E-state index in [2.05, 4.69) is 23.5 Å². The first-order chi connectivity index (χ1) is 12.7. The lowest BCUT2D eigenvalue weighted by molar-refractivity contribution is 0.0448. The maximum Gasteiger partial charge on any atom is 0.336 e. The van der Waals surface area contributed by atoms with Gasteiger partial charge in [-0.3, -0.25) is 4.99 Å². The summed E-state index contributed by atoms with van der Waals surface area (Å²) < 4.78 is 5.59. The van der Waals surface area contributed by atoms with Gasteiger partial charge in [0.05, 0.1) is 12.1 Å². The van der Waals surface area contributed by atoms with Crippen LogP contribution in [0.3, 0.4) is 0 Å². The van der Waals surface area contributed by atoms with E-state index in [0.717, 1.165) is 49.6 Å². The first-order valence-corrected chi connectivity index (χ1v) is 8.97. The number of fused-ring (bicyclic) bond motifs is 1. The maximum atomic E-state index is 11.5. The average Bonchev–Trinajstić information content (AvgIpc) is 2.67. The molecule has 5 heteroatoms. The average molecular weight is 350 g/mol. The summed E-state index contributed by atoms with van der Waals surface area (Å²) in [7, 11) is 0. The Kier molecular flexibility index (Phi) is 4.47. The third-order valence-electron chi connectivity index (χ3n) is 5.41. The molecular formula is C21H22N2O3. The van der Waals surface area contributed by atoms with Gasteiger partial charge in [0.25, 0.3) is 0 Å². The van der Waals surface area contributed by atoms with Crippen LogP contribution in [0.15, 0.2) is 53.5 Å². The van der Waals surface area contributed by atoms with Gasteiger partial charge in [0.2, 0.25) is 0 Å². The summed E-state index contributed by atoms with van der Waals surface area (Å²) in [6.07, 6.45) is 2.79. The van der Waals surface area contributed by atoms with Crippen LogP contribution >= 0.6 is 0 Å². The molecule has 0 saturated carbocycles. The Morgan fingerprint density at radius 1 is 1.12 bits per heavy atom. The van der Waals surface area contributed by atoms with Crippen molar-refractivity contribution in [2.24, 2.45) is 10.4 Å². The van der Waals surface area contributed by atoms with Gasteiger partial charge in [0.1, 0.15) is 5.84 Å². The predicted molar refractivity (Wildman–Crippen MR) is 101 cm³/mol. The van der Waals surface area contributed by atoms with E-state index in [1.807, 2.05) is 18.2 Å². The van der Waals surface area contributed by atoms with Crippen molar-refractivity contribution in [1.29, 1.82) is 0 Å². The van der Waals surface area contributed by atoms with Gasteiger partial charge in [-0.1, -0.05) is 36.4 Å². The Morgan fingerprint density at radius 2 is 1.85 bits per heavy atom. The predicted octanol–water partition coefficient (Wildman–Crippen LogP) is 3.75. The Bertz CT molecular complexity index is 854. The monoisotopic (exact) mass is 350 g/mol. The number of para-hydroxylation sites is 1. The van der Waals surface area contributed by atoms with Gasteiger partial charge in [0, 0.05) is 24.3 Å². The highest BCUT2D eigenvalue weighted by Gasteiger charge is 2.41. The van der Waals surface area contributed by atoms with Gasteiger partial charge in [-0.05, 0) is 42.5 Å². The molecule has 0 unspecified atom stereocenters. The number of amidine groups is 1. The molecule has 2 N–H and O–H groups in total. The number of aliphatic imine (C=N–C) groups is 1. The Labute approximate surface area is 152 Å². The second-order valence-electron chi connectivity index (χ2n) is 6.98. The van der Waals surface area contributed by atoms with Crippen LogP contribution in [-0.4, -0.2) is 30.1 Å². The van der Waals surface area contributed by atoms with E-state index in [1.54, 1.807) is 12.1 Å². The van der Waals surface area contributed by atoms with Crippen molar-refractivity contribution in [3.05, 3.63) is 65.2 Å². The molecule has 2 aromatic carbocycles. The highest BCUT2D eigenvalue weighted by molar-refractivity contribution is 6.02. The number of rotatable bonds is 3. The fourth-order valence-electron chi connectivity index (χ4n) is 3.92. The molecule has 0 radical (unpaired) electrons. The molecule has 1 saturated heterocycles. The molecule has 0 aromatic heterocycles. The number of benzene rings is 2. The Hall–Kier alpha value is -2.66. The lowest BCUT2D eigenvalue weighted by Crippen LogP contribution is -2.45. The number of ether oxygens (including phenoxy) is 1. The number of hydrogen-bond acceptors (Lipinski definition) is 3. The van der Waals surface area contributed by atoms with E-state index >= 15 is 0 Å². The third kappa shape index (κ3) is 3.10. The number of carboxylic acids is 1. The molecule has 2 heterocycles. The molecule has 0 bridgehead atoms. The van der Waals surface area contributed by atoms with Crippen LogP contribution in [0.1, 0.15) is 34.3 Å². The van der Waals surface area contributed by atoms with Crippen LogP contribution in [0.2, 0.25) is 0 Å². The van der Waals surface area contributed by atoms with E-state index in [1.165, 1.54) is 5.56 Å². The summed E-state index contributed by atoms with van der Waals surface area (Å²) in [5, 5.41) is 12.9. The van der Waals surface area contributed by atoms with E-state index in [0.29, 0.717) is 12.1 Å². The van der Waals surface area contributed by atoms with E-state index in [9.17, 15) is 9.90 Å². The molecule has 134 valence electrons. The van der Waals surface area contributed by atoms with Crippen LogP contribution < -0.4 is 5.32 Å². The highest BCUT2D eigenvalue weighted by Crippen LogP contribution is 2.41. The van der Waals surface area contributed by atoms with Crippen molar-refractivity contribution in [3.8, 4) is 0 Å². The van der Waals surface area contributed by atoms with Gasteiger partial charge in [0.15, 0.2) is 0 Å². The maximum absolute atomic E-state index is 11.5. The van der Waals surface area contributed by atoms with Crippen molar-refractivity contribution < 1.29 is 14.6 Å². The molecule has 2 aliphatic heterocycles. The molecule has 4 rings (SSSR count). The molecule has 1 fully saturated rings. The summed E-state index contributed by atoms with van der Waals surface area (Å²) in [4.78, 5) is 16.3. The van der Waals surface area contributed by atoms with E-state index in [4.69, 9.17) is 9.73 Å². The zero-order valence-electron chi connectivity index (χ0n) is 14.6. The molecule has 0 amide bonds. The largest absolute Gasteiger partial charge is 0.478 e. The van der Waals surface area contributed by atoms with Gasteiger partial charge in [-0.2, -0.15) is 0 Å². The number of anilines is 1. The topological polar surface area (TPSA) is 70.9 Å². The third-order valence-corrected chi connectivity index (χ3v) is 5.41. The number of nitrogens with zero attached hydrogens (tertiary/aromatic N) is 1. The van der Waals surface area contributed by atoms with Gasteiger partial charge in [-0.15, -0.1) is 0 Å². The zero-order valence-corrected chi connectivity index (χ0v) is 14.6. The highest BCUT2D eigenvalue weighted by atomic mass is 16.5. The Balaban J connectivity index is 1.69. The number of hydrogen-bond donors (Lipinski definition) is 2. The number of carbonyl (C=O) groups is 1. The summed E-state index contributed by atoms with van der Waals surface area (Å²) in [6.45, 7) is 1.82. The molecule has 0 aliphatic carbocycles. The minimum absolute atomic E-state index is 0.0508. The number of nitrogens with one attached hydrogen (secondary N) is 1. The summed E-state index contributed by atoms with van der Waals surface area (Å²) in [6, 6.07) is 15.4. The molecule has 0 atom stereocenters. The van der Waals surface area contributed by atoms with Gasteiger partial charge < -0.3 is 15.2 Å². The summed E-state index contributed by atoms with van der Waals surface area (Å²) in [5.41, 5.74) is 3.39. The second-order valence-corrected chi connectivity index (χ2v) is 6.98. The van der Waals surface area contributed by atoms with E-state index in [-0.39, 0.29) is 5.41 Å². The van der Waals surface area contributed by atoms with Crippen molar-refractivity contribution in [2.75, 3.05) is 18.5 Å². The minimum Gasteiger partial charge on any atom is -0.478 e. The van der Waals surface area contributed by atoms with Crippen LogP contribution in [0.4, 0.5) is 5.69 Å². The normalized spacial score (nSPS) is 19.8. The standard InChI is InChI=1S/C21H22N2O3/c24-19(25)17-7-3-1-6-16(17)14-22-20-21(9-11-26-12-10-21)13-15-5-2-4-8-18(15)23-20/h1-8H,9-14H2,(H,22,23)(H,24,25). The van der Waals surface area contributed by atoms with Crippen LogP contribution in [0, 0.1) is 5.41 Å². The molecule has 2 aliphatic rings. The van der Waals surface area contributed by atoms with E-state index < -0.39 is 5.97 Å². The smallest absolute Gasteiger partial charge is 0.336 e. The van der Waals surface area contributed by atoms with Crippen LogP contribution in [0.25, 0.3) is 0 Å². The lowest BCUT2D eigenvalue weighted by atomic mass is 9.71. The van der Waals surface area contributed by atoms with Crippen LogP contribution in [-0.2, 0) is 17.7 Å². The van der Waals surface area contributed by atoms with Gasteiger partial charge >= 0.3 is 5.97 Å². The summed E-state index contributed by atoms with van der Waals surface area (Å²) in [5.74, 6) is 0.0446. The lowest BCUT2D eigenvalue weighted by Gasteiger charge is -2.42. The van der Waals surface area contributed by atoms with Crippen molar-refractivity contribution >= 4 is 17.5 Å². The number of carboxylic acid groups (broad SMARTS) is 1. The minimum atomic E-state index is -0.913. The first kappa shape index (κ1) is 16.8. The molecule has 26 heavy (non-hydrogen) atoms. The van der Waals surface area contributed by atoms with Crippen molar-refractivity contribution in [3.63, 3.8) is 0 Å². The summed E-state index contributed by atoms with van der Waals surface area (Å²) >= 11 is 0. The zero-order chi connectivity index (χ0) is 18.0. The van der Waals surface area contributed by atoms with Crippen molar-refractivity contribution in [2.45, 2.75) is 25.8 Å². The molecular weight excluding hydrogens is 328 g/mol. The molecule has 5 nitrogen and oxygen atoms in total. The van der Waals surface area contributed by atoms with Gasteiger partial charge in [-0.25, -0.2) is 4.79 Å². The molecule has 1 spiro atoms. The fourth-order valence-corrected chi connectivity index (χ4v) is 3.92. The molecule has 2 aromatic rings. The number of aromatic carboxylic acids is 1. The fraction of sp³-hybridized carbons (Fsp3) is 0.333. The second kappa shape index (κ2) is 6.92. The SMILES string of the molecule is O=C(O)c1ccccc1CN=C1Nc2ccccc2CC12CCOCC2. The van der Waals surface area contributed by atoms with Crippen LogP contribution in [0.5, 0.6) is 0 Å². The first-order valence-electron chi connectivity index (χ1n) is 8.97. The van der Waals surface area contributed by atoms with Crippen molar-refractivity contribution in [1.82, 2.24) is 0 Å².